The molecule has 5 heteroatoms. The van der Waals surface area contributed by atoms with E-state index < -0.39 is 0 Å². The van der Waals surface area contributed by atoms with Crippen molar-refractivity contribution in [2.75, 3.05) is 0 Å². The van der Waals surface area contributed by atoms with Crippen LogP contribution in [0.3, 0.4) is 0 Å². The Labute approximate surface area is 136 Å². The fourth-order valence-electron chi connectivity index (χ4n) is 2.57. The lowest BCUT2D eigenvalue weighted by Crippen LogP contribution is -2.28. The SMILES string of the molecule is Cc1sc(C(NC(C)C)c2nc3c(s2)CCC3)cc1Br. The first kappa shape index (κ1) is 14.7. The zero-order valence-electron chi connectivity index (χ0n) is 12.0. The summed E-state index contributed by atoms with van der Waals surface area (Å²) >= 11 is 7.39. The van der Waals surface area contributed by atoms with E-state index in [9.17, 15) is 0 Å². The summed E-state index contributed by atoms with van der Waals surface area (Å²) in [5, 5.41) is 4.91. The van der Waals surface area contributed by atoms with Gasteiger partial charge in [0.05, 0.1) is 11.7 Å². The van der Waals surface area contributed by atoms with Gasteiger partial charge in [0.1, 0.15) is 5.01 Å². The Hall–Kier alpha value is -0.230. The predicted octanol–water partition coefficient (Wildman–Crippen LogP) is 4.85. The number of aryl methyl sites for hydroxylation is 3. The molecule has 0 aliphatic heterocycles. The highest BCUT2D eigenvalue weighted by molar-refractivity contribution is 9.10. The summed E-state index contributed by atoms with van der Waals surface area (Å²) in [5.74, 6) is 0. The van der Waals surface area contributed by atoms with Crippen molar-refractivity contribution < 1.29 is 0 Å². The number of rotatable bonds is 4. The Bertz CT molecular complexity index is 574. The molecule has 0 bridgehead atoms. The molecule has 0 radical (unpaired) electrons. The van der Waals surface area contributed by atoms with E-state index in [1.807, 2.05) is 22.7 Å². The van der Waals surface area contributed by atoms with Crippen molar-refractivity contribution in [1.29, 1.82) is 0 Å². The monoisotopic (exact) mass is 370 g/mol. The van der Waals surface area contributed by atoms with E-state index >= 15 is 0 Å². The van der Waals surface area contributed by atoms with Crippen molar-refractivity contribution >= 4 is 38.6 Å². The highest BCUT2D eigenvalue weighted by Crippen LogP contribution is 2.38. The highest BCUT2D eigenvalue weighted by atomic mass is 79.9. The molecule has 108 valence electrons. The lowest BCUT2D eigenvalue weighted by atomic mass is 10.2. The average Bonchev–Trinajstić information content (AvgIpc) is 3.01. The first-order chi connectivity index (χ1) is 9.54. The first-order valence-electron chi connectivity index (χ1n) is 7.05. The van der Waals surface area contributed by atoms with E-state index in [1.54, 1.807) is 0 Å². The maximum Gasteiger partial charge on any atom is 0.116 e. The summed E-state index contributed by atoms with van der Waals surface area (Å²) in [6.45, 7) is 6.56. The van der Waals surface area contributed by atoms with Gasteiger partial charge in [-0.3, -0.25) is 0 Å². The normalized spacial score (nSPS) is 15.8. The molecule has 3 rings (SSSR count). The summed E-state index contributed by atoms with van der Waals surface area (Å²) < 4.78 is 1.21. The van der Waals surface area contributed by atoms with Crippen molar-refractivity contribution in [2.45, 2.75) is 52.1 Å². The van der Waals surface area contributed by atoms with Crippen molar-refractivity contribution in [3.05, 3.63) is 35.9 Å². The minimum Gasteiger partial charge on any atom is -0.301 e. The van der Waals surface area contributed by atoms with E-state index in [4.69, 9.17) is 4.98 Å². The van der Waals surface area contributed by atoms with Crippen molar-refractivity contribution in [2.24, 2.45) is 0 Å². The zero-order valence-corrected chi connectivity index (χ0v) is 15.2. The van der Waals surface area contributed by atoms with Crippen LogP contribution in [-0.2, 0) is 12.8 Å². The van der Waals surface area contributed by atoms with Gasteiger partial charge in [0.2, 0.25) is 0 Å². The van der Waals surface area contributed by atoms with Gasteiger partial charge >= 0.3 is 0 Å². The quantitative estimate of drug-likeness (QED) is 0.831. The number of nitrogens with one attached hydrogen (secondary N) is 1. The number of hydrogen-bond donors (Lipinski definition) is 1. The summed E-state index contributed by atoms with van der Waals surface area (Å²) in [7, 11) is 0. The number of fused-ring (bicyclic) bond motifs is 1. The number of thiazole rings is 1. The summed E-state index contributed by atoms with van der Waals surface area (Å²) in [5.41, 5.74) is 1.34. The van der Waals surface area contributed by atoms with E-state index in [0.29, 0.717) is 6.04 Å². The Morgan fingerprint density at radius 3 is 2.70 bits per heavy atom. The third-order valence-corrected chi connectivity index (χ3v) is 6.94. The second kappa shape index (κ2) is 5.87. The van der Waals surface area contributed by atoms with Gasteiger partial charge in [-0.1, -0.05) is 0 Å². The Balaban J connectivity index is 1.96. The standard InChI is InChI=1S/C15H19BrN2S2/c1-8(2)17-14(13-7-10(16)9(3)19-13)15-18-11-5-4-6-12(11)20-15/h7-8,14,17H,4-6H2,1-3H3. The van der Waals surface area contributed by atoms with Gasteiger partial charge in [-0.2, -0.15) is 0 Å². The minimum atomic E-state index is 0.237. The lowest BCUT2D eigenvalue weighted by Gasteiger charge is -2.18. The van der Waals surface area contributed by atoms with Crippen molar-refractivity contribution in [3.8, 4) is 0 Å². The molecule has 1 unspecified atom stereocenters. The third-order valence-electron chi connectivity index (χ3n) is 3.52. The topological polar surface area (TPSA) is 24.9 Å². The molecule has 2 heterocycles. The Kier molecular flexibility index (Phi) is 4.32. The first-order valence-corrected chi connectivity index (χ1v) is 9.47. The molecule has 1 N–H and O–H groups in total. The summed E-state index contributed by atoms with van der Waals surface area (Å²) in [4.78, 5) is 9.10. The maximum absolute atomic E-state index is 4.91. The molecule has 0 fully saturated rings. The van der Waals surface area contributed by atoms with Crippen LogP contribution >= 0.6 is 38.6 Å². The molecule has 0 saturated carbocycles. The van der Waals surface area contributed by atoms with Crippen molar-refractivity contribution in [3.63, 3.8) is 0 Å². The van der Waals surface area contributed by atoms with Gasteiger partial charge in [-0.25, -0.2) is 4.98 Å². The van der Waals surface area contributed by atoms with Crippen LogP contribution in [0.25, 0.3) is 0 Å². The smallest absolute Gasteiger partial charge is 0.116 e. The summed E-state index contributed by atoms with van der Waals surface area (Å²) in [6.07, 6.45) is 3.66. The second-order valence-corrected chi connectivity index (χ2v) is 8.84. The van der Waals surface area contributed by atoms with Crippen LogP contribution in [0.2, 0.25) is 0 Å². The van der Waals surface area contributed by atoms with Crippen molar-refractivity contribution in [1.82, 2.24) is 10.3 Å². The molecule has 1 aliphatic carbocycles. The number of nitrogens with zero attached hydrogens (tertiary/aromatic N) is 1. The van der Waals surface area contributed by atoms with Crippen LogP contribution < -0.4 is 5.32 Å². The van der Waals surface area contributed by atoms with Gasteiger partial charge < -0.3 is 5.32 Å². The molecule has 2 aromatic rings. The fraction of sp³-hybridized carbons (Fsp3) is 0.533. The zero-order chi connectivity index (χ0) is 14.3. The van der Waals surface area contributed by atoms with Gasteiger partial charge in [-0.15, -0.1) is 22.7 Å². The fourth-order valence-corrected chi connectivity index (χ4v) is 5.50. The Morgan fingerprint density at radius 2 is 2.10 bits per heavy atom. The van der Waals surface area contributed by atoms with Gasteiger partial charge in [0, 0.05) is 25.1 Å². The summed E-state index contributed by atoms with van der Waals surface area (Å²) in [6, 6.07) is 2.92. The van der Waals surface area contributed by atoms with Gasteiger partial charge in [-0.05, 0) is 62.0 Å². The number of aromatic nitrogens is 1. The van der Waals surface area contributed by atoms with Crippen LogP contribution in [-0.4, -0.2) is 11.0 Å². The third kappa shape index (κ3) is 2.86. The molecular weight excluding hydrogens is 352 g/mol. The number of halogens is 1. The Morgan fingerprint density at radius 1 is 1.30 bits per heavy atom. The van der Waals surface area contributed by atoms with Crippen LogP contribution in [0, 0.1) is 6.92 Å². The van der Waals surface area contributed by atoms with E-state index in [2.05, 4.69) is 48.1 Å². The van der Waals surface area contributed by atoms with E-state index in [0.717, 1.165) is 6.42 Å². The minimum absolute atomic E-state index is 0.237. The van der Waals surface area contributed by atoms with E-state index in [1.165, 1.54) is 42.6 Å². The lowest BCUT2D eigenvalue weighted by molar-refractivity contribution is 0.531. The molecule has 20 heavy (non-hydrogen) atoms. The molecule has 2 aromatic heterocycles. The molecule has 1 aliphatic rings. The molecule has 1 atom stereocenters. The predicted molar refractivity (Wildman–Crippen MR) is 91.0 cm³/mol. The number of hydrogen-bond acceptors (Lipinski definition) is 4. The van der Waals surface area contributed by atoms with Crippen LogP contribution in [0.15, 0.2) is 10.5 Å². The van der Waals surface area contributed by atoms with Gasteiger partial charge in [0.15, 0.2) is 0 Å². The van der Waals surface area contributed by atoms with Crippen LogP contribution in [0.4, 0.5) is 0 Å². The molecule has 0 spiro atoms. The van der Waals surface area contributed by atoms with Gasteiger partial charge in [0.25, 0.3) is 0 Å². The molecule has 0 saturated heterocycles. The average molecular weight is 371 g/mol. The van der Waals surface area contributed by atoms with E-state index in [-0.39, 0.29) is 6.04 Å². The largest absolute Gasteiger partial charge is 0.301 e. The molecule has 2 nitrogen and oxygen atoms in total. The molecule has 0 aromatic carbocycles. The highest BCUT2D eigenvalue weighted by Gasteiger charge is 2.25. The second-order valence-electron chi connectivity index (χ2n) is 5.58. The molecule has 0 amide bonds. The molecular formula is C15H19BrN2S2. The van der Waals surface area contributed by atoms with Crippen LogP contribution in [0.1, 0.15) is 51.6 Å². The van der Waals surface area contributed by atoms with Crippen LogP contribution in [0.5, 0.6) is 0 Å². The number of thiophene rings is 1. The maximum atomic E-state index is 4.91.